The Hall–Kier alpha value is -3.80. The summed E-state index contributed by atoms with van der Waals surface area (Å²) in [7, 11) is 0. The molecular formula is C21H15N5O. The molecule has 6 heteroatoms. The van der Waals surface area contributed by atoms with E-state index in [0.29, 0.717) is 28.7 Å². The van der Waals surface area contributed by atoms with E-state index in [-0.39, 0.29) is 5.56 Å². The Balaban J connectivity index is 1.96. The van der Waals surface area contributed by atoms with Crippen LogP contribution in [-0.4, -0.2) is 24.1 Å². The molecular weight excluding hydrogens is 338 g/mol. The van der Waals surface area contributed by atoms with Crippen molar-refractivity contribution in [3.63, 3.8) is 0 Å². The van der Waals surface area contributed by atoms with Crippen LogP contribution in [0.5, 0.6) is 0 Å². The van der Waals surface area contributed by atoms with Crippen molar-refractivity contribution in [1.29, 1.82) is 0 Å². The second-order valence-corrected chi connectivity index (χ2v) is 6.24. The number of benzene rings is 2. The van der Waals surface area contributed by atoms with Crippen LogP contribution in [0.4, 0.5) is 0 Å². The van der Waals surface area contributed by atoms with Gasteiger partial charge in [0.2, 0.25) is 0 Å². The van der Waals surface area contributed by atoms with Crippen LogP contribution in [0.1, 0.15) is 0 Å². The summed E-state index contributed by atoms with van der Waals surface area (Å²) in [5, 5.41) is 0.469. The van der Waals surface area contributed by atoms with Crippen LogP contribution in [-0.2, 0) is 6.54 Å². The van der Waals surface area contributed by atoms with E-state index < -0.39 is 0 Å². The lowest BCUT2D eigenvalue weighted by Crippen LogP contribution is -2.19. The minimum atomic E-state index is -0.163. The van der Waals surface area contributed by atoms with Gasteiger partial charge in [0.25, 0.3) is 5.56 Å². The minimum Gasteiger partial charge on any atom is -0.305 e. The van der Waals surface area contributed by atoms with E-state index in [2.05, 4.69) is 11.6 Å². The number of nitrogens with zero attached hydrogens (tertiary/aromatic N) is 5. The predicted octanol–water partition coefficient (Wildman–Crippen LogP) is 3.47. The Morgan fingerprint density at radius 2 is 1.63 bits per heavy atom. The fraction of sp³-hybridized carbons (Fsp3) is 0.0476. The first-order valence-electron chi connectivity index (χ1n) is 8.60. The van der Waals surface area contributed by atoms with E-state index in [9.17, 15) is 4.79 Å². The van der Waals surface area contributed by atoms with Gasteiger partial charge in [-0.25, -0.2) is 15.0 Å². The highest BCUT2D eigenvalue weighted by molar-refractivity contribution is 6.04. The molecule has 0 unspecified atom stereocenters. The van der Waals surface area contributed by atoms with Crippen molar-refractivity contribution in [3.8, 4) is 5.69 Å². The van der Waals surface area contributed by atoms with Gasteiger partial charge in [0.1, 0.15) is 17.2 Å². The Morgan fingerprint density at radius 3 is 2.37 bits per heavy atom. The summed E-state index contributed by atoms with van der Waals surface area (Å²) in [6, 6.07) is 17.1. The largest absolute Gasteiger partial charge is 0.305 e. The topological polar surface area (TPSA) is 65.6 Å². The third-order valence-electron chi connectivity index (χ3n) is 4.60. The Bertz CT molecular complexity index is 1380. The summed E-state index contributed by atoms with van der Waals surface area (Å²) < 4.78 is 3.42. The van der Waals surface area contributed by atoms with Crippen molar-refractivity contribution >= 4 is 33.2 Å². The molecule has 6 nitrogen and oxygen atoms in total. The lowest BCUT2D eigenvalue weighted by Gasteiger charge is -2.05. The average molecular weight is 353 g/mol. The SMILES string of the molecule is C=CCn1c2nc3ccccc3nc2c2c(=O)n(-c3ccccc3)cnc21. The summed E-state index contributed by atoms with van der Waals surface area (Å²) in [6.07, 6.45) is 3.32. The molecule has 0 aliphatic heterocycles. The highest BCUT2D eigenvalue weighted by Crippen LogP contribution is 2.25. The van der Waals surface area contributed by atoms with E-state index in [4.69, 9.17) is 9.97 Å². The predicted molar refractivity (Wildman–Crippen MR) is 106 cm³/mol. The van der Waals surface area contributed by atoms with Crippen molar-refractivity contribution in [2.45, 2.75) is 6.54 Å². The van der Waals surface area contributed by atoms with Gasteiger partial charge in [0.15, 0.2) is 11.3 Å². The lowest BCUT2D eigenvalue weighted by molar-refractivity contribution is 0.860. The maximum Gasteiger partial charge on any atom is 0.269 e. The number of rotatable bonds is 3. The van der Waals surface area contributed by atoms with Gasteiger partial charge >= 0.3 is 0 Å². The second kappa shape index (κ2) is 5.88. The van der Waals surface area contributed by atoms with Crippen LogP contribution in [0.25, 0.3) is 38.9 Å². The summed E-state index contributed by atoms with van der Waals surface area (Å²) in [6.45, 7) is 4.31. The molecule has 2 aromatic carbocycles. The van der Waals surface area contributed by atoms with Gasteiger partial charge in [-0.15, -0.1) is 6.58 Å². The molecule has 0 saturated carbocycles. The molecule has 3 aromatic heterocycles. The summed E-state index contributed by atoms with van der Waals surface area (Å²) in [4.78, 5) is 27.4. The van der Waals surface area contributed by atoms with E-state index >= 15 is 0 Å². The molecule has 0 radical (unpaired) electrons. The Morgan fingerprint density at radius 1 is 0.926 bits per heavy atom. The van der Waals surface area contributed by atoms with Crippen LogP contribution in [0.3, 0.4) is 0 Å². The van der Waals surface area contributed by atoms with Gasteiger partial charge < -0.3 is 4.57 Å². The van der Waals surface area contributed by atoms with Gasteiger partial charge in [-0.2, -0.15) is 0 Å². The van der Waals surface area contributed by atoms with Crippen molar-refractivity contribution < 1.29 is 0 Å². The maximum absolute atomic E-state index is 13.3. The molecule has 0 saturated heterocycles. The van der Waals surface area contributed by atoms with Crippen LogP contribution in [0, 0.1) is 0 Å². The molecule has 0 aliphatic carbocycles. The first kappa shape index (κ1) is 15.5. The van der Waals surface area contributed by atoms with E-state index in [1.165, 1.54) is 4.57 Å². The number of allylic oxidation sites excluding steroid dienone is 1. The fourth-order valence-corrected chi connectivity index (χ4v) is 3.38. The molecule has 0 spiro atoms. The molecule has 0 fully saturated rings. The van der Waals surface area contributed by atoms with Crippen LogP contribution >= 0.6 is 0 Å². The third kappa shape index (κ3) is 2.27. The number of para-hydroxylation sites is 3. The van der Waals surface area contributed by atoms with Gasteiger partial charge in [-0.3, -0.25) is 9.36 Å². The van der Waals surface area contributed by atoms with Crippen molar-refractivity contribution in [3.05, 3.63) is 83.9 Å². The zero-order chi connectivity index (χ0) is 18.4. The van der Waals surface area contributed by atoms with E-state index in [1.54, 1.807) is 12.4 Å². The molecule has 5 aromatic rings. The standard InChI is InChI=1S/C21H15N5O/c1-2-12-25-19-17(18-20(25)24-16-11-7-6-10-15(16)23-18)21(27)26(13-22-19)14-8-4-3-5-9-14/h2-11,13H,1,12H2. The molecule has 3 heterocycles. The monoisotopic (exact) mass is 353 g/mol. The van der Waals surface area contributed by atoms with Crippen LogP contribution in [0.15, 0.2) is 78.4 Å². The minimum absolute atomic E-state index is 0.163. The van der Waals surface area contributed by atoms with E-state index in [0.717, 1.165) is 16.7 Å². The van der Waals surface area contributed by atoms with Crippen LogP contribution in [0.2, 0.25) is 0 Å². The highest BCUT2D eigenvalue weighted by Gasteiger charge is 2.19. The molecule has 0 aliphatic rings. The molecule has 5 rings (SSSR count). The maximum atomic E-state index is 13.3. The zero-order valence-corrected chi connectivity index (χ0v) is 14.4. The van der Waals surface area contributed by atoms with Gasteiger partial charge in [0, 0.05) is 6.54 Å². The smallest absolute Gasteiger partial charge is 0.269 e. The van der Waals surface area contributed by atoms with E-state index in [1.807, 2.05) is 59.2 Å². The fourth-order valence-electron chi connectivity index (χ4n) is 3.38. The summed E-state index contributed by atoms with van der Waals surface area (Å²) >= 11 is 0. The number of aromatic nitrogens is 5. The first-order chi connectivity index (χ1) is 13.3. The van der Waals surface area contributed by atoms with Gasteiger partial charge in [-0.1, -0.05) is 36.4 Å². The quantitative estimate of drug-likeness (QED) is 0.466. The molecule has 130 valence electrons. The molecule has 0 N–H and O–H groups in total. The molecule has 0 atom stereocenters. The Labute approximate surface area is 154 Å². The Kier molecular flexibility index (Phi) is 3.36. The van der Waals surface area contributed by atoms with Crippen molar-refractivity contribution in [1.82, 2.24) is 24.1 Å². The summed E-state index contributed by atoms with van der Waals surface area (Å²) in [5.74, 6) is 0. The summed E-state index contributed by atoms with van der Waals surface area (Å²) in [5.41, 5.74) is 3.89. The molecule has 0 amide bonds. The normalized spacial score (nSPS) is 11.4. The van der Waals surface area contributed by atoms with Gasteiger partial charge in [0.05, 0.1) is 16.7 Å². The van der Waals surface area contributed by atoms with Gasteiger partial charge in [-0.05, 0) is 24.3 Å². The third-order valence-corrected chi connectivity index (χ3v) is 4.60. The zero-order valence-electron chi connectivity index (χ0n) is 14.4. The average Bonchev–Trinajstić information content (AvgIpc) is 3.01. The van der Waals surface area contributed by atoms with Crippen molar-refractivity contribution in [2.24, 2.45) is 0 Å². The lowest BCUT2D eigenvalue weighted by atomic mass is 10.3. The molecule has 0 bridgehead atoms. The molecule has 27 heavy (non-hydrogen) atoms. The van der Waals surface area contributed by atoms with Crippen LogP contribution < -0.4 is 5.56 Å². The van der Waals surface area contributed by atoms with Crippen molar-refractivity contribution in [2.75, 3.05) is 0 Å². The number of fused-ring (bicyclic) bond motifs is 4. The second-order valence-electron chi connectivity index (χ2n) is 6.24. The number of hydrogen-bond donors (Lipinski definition) is 0. The highest BCUT2D eigenvalue weighted by atomic mass is 16.1. The first-order valence-corrected chi connectivity index (χ1v) is 8.60. The number of hydrogen-bond acceptors (Lipinski definition) is 4.